The van der Waals surface area contributed by atoms with Gasteiger partial charge in [-0.1, -0.05) is 20.8 Å². The van der Waals surface area contributed by atoms with Crippen LogP contribution in [0.3, 0.4) is 0 Å². The molecule has 0 radical (unpaired) electrons. The van der Waals surface area contributed by atoms with Crippen molar-refractivity contribution in [2.24, 2.45) is 5.41 Å². The molecule has 2 unspecified atom stereocenters. The van der Waals surface area contributed by atoms with E-state index in [1.54, 1.807) is 12.3 Å². The van der Waals surface area contributed by atoms with Crippen LogP contribution in [-0.2, 0) is 0 Å². The van der Waals surface area contributed by atoms with Gasteiger partial charge in [0, 0.05) is 36.1 Å². The molecule has 0 saturated carbocycles. The number of ether oxygens (including phenoxy) is 1. The lowest BCUT2D eigenvalue weighted by Crippen LogP contribution is -2.53. The van der Waals surface area contributed by atoms with E-state index in [9.17, 15) is 14.7 Å². The topological polar surface area (TPSA) is 84.1 Å². The lowest BCUT2D eigenvalue weighted by Gasteiger charge is -2.44. The summed E-state index contributed by atoms with van der Waals surface area (Å²) in [6, 6.07) is 3.39. The summed E-state index contributed by atoms with van der Waals surface area (Å²) in [5.74, 6) is 0.182. The summed E-state index contributed by atoms with van der Waals surface area (Å²) in [6.45, 7) is 6.43. The van der Waals surface area contributed by atoms with Crippen molar-refractivity contribution < 1.29 is 14.6 Å². The van der Waals surface area contributed by atoms with E-state index >= 15 is 0 Å². The predicted molar refractivity (Wildman–Crippen MR) is 101 cm³/mol. The second kappa shape index (κ2) is 6.90. The molecule has 2 aromatic heterocycles. The molecule has 140 valence electrons. The second-order valence-electron chi connectivity index (χ2n) is 7.63. The van der Waals surface area contributed by atoms with Crippen LogP contribution >= 0.6 is 15.9 Å². The van der Waals surface area contributed by atoms with Crippen molar-refractivity contribution in [1.82, 2.24) is 14.3 Å². The maximum Gasteiger partial charge on any atom is 0.407 e. The van der Waals surface area contributed by atoms with Gasteiger partial charge in [-0.15, -0.1) is 0 Å². The summed E-state index contributed by atoms with van der Waals surface area (Å²) in [6.07, 6.45) is 3.04. The number of carbonyl (C=O) groups is 1. The number of pyridine rings is 1. The van der Waals surface area contributed by atoms with Gasteiger partial charge in [0.2, 0.25) is 5.75 Å². The van der Waals surface area contributed by atoms with Crippen molar-refractivity contribution in [1.29, 1.82) is 0 Å². The maximum absolute atomic E-state index is 12.7. The number of aromatic nitrogens is 2. The molecule has 1 aliphatic heterocycles. The Morgan fingerprint density at radius 2 is 2.12 bits per heavy atom. The van der Waals surface area contributed by atoms with Crippen LogP contribution in [0.4, 0.5) is 4.79 Å². The molecule has 1 amide bonds. The molecule has 0 aromatic carbocycles. The molecule has 1 N–H and O–H groups in total. The first kappa shape index (κ1) is 18.7. The molecule has 0 aliphatic carbocycles. The Hall–Kier alpha value is -2.09. The Labute approximate surface area is 159 Å². The van der Waals surface area contributed by atoms with Crippen LogP contribution < -0.4 is 10.3 Å². The lowest BCUT2D eigenvalue weighted by atomic mass is 9.80. The third-order valence-electron chi connectivity index (χ3n) is 4.73. The number of amides is 1. The highest BCUT2D eigenvalue weighted by Gasteiger charge is 2.39. The van der Waals surface area contributed by atoms with E-state index in [0.29, 0.717) is 25.0 Å². The van der Waals surface area contributed by atoms with Crippen molar-refractivity contribution >= 4 is 27.7 Å². The number of carboxylic acid groups (broad SMARTS) is 1. The molecule has 2 aromatic rings. The number of rotatable bonds is 2. The molecule has 3 rings (SSSR count). The van der Waals surface area contributed by atoms with Gasteiger partial charge >= 0.3 is 6.09 Å². The molecular formula is C18H22BrN3O4. The van der Waals surface area contributed by atoms with Gasteiger partial charge in [-0.2, -0.15) is 0 Å². The van der Waals surface area contributed by atoms with E-state index in [1.165, 1.54) is 15.5 Å². The molecule has 2 atom stereocenters. The van der Waals surface area contributed by atoms with Crippen molar-refractivity contribution in [2.75, 3.05) is 6.54 Å². The number of hydrogen-bond acceptors (Lipinski definition) is 4. The summed E-state index contributed by atoms with van der Waals surface area (Å²) >= 11 is 3.35. The largest absolute Gasteiger partial charge is 0.483 e. The Morgan fingerprint density at radius 1 is 1.38 bits per heavy atom. The highest BCUT2D eigenvalue weighted by Crippen LogP contribution is 2.33. The van der Waals surface area contributed by atoms with Crippen LogP contribution in [0.1, 0.15) is 33.6 Å². The Morgan fingerprint density at radius 3 is 2.77 bits per heavy atom. The summed E-state index contributed by atoms with van der Waals surface area (Å²) in [5.41, 5.74) is 0.0465. The summed E-state index contributed by atoms with van der Waals surface area (Å²) in [5, 5.41) is 9.45. The number of halogens is 1. The minimum absolute atomic E-state index is 0.177. The molecule has 7 nitrogen and oxygen atoms in total. The number of likely N-dealkylation sites (tertiary alicyclic amines) is 1. The van der Waals surface area contributed by atoms with Crippen molar-refractivity contribution in [3.05, 3.63) is 39.4 Å². The first-order valence-corrected chi connectivity index (χ1v) is 9.29. The zero-order valence-corrected chi connectivity index (χ0v) is 16.6. The highest BCUT2D eigenvalue weighted by molar-refractivity contribution is 9.10. The van der Waals surface area contributed by atoms with Crippen LogP contribution in [0.5, 0.6) is 5.75 Å². The van der Waals surface area contributed by atoms with E-state index in [2.05, 4.69) is 20.9 Å². The molecule has 8 heteroatoms. The van der Waals surface area contributed by atoms with Crippen LogP contribution in [0.15, 0.2) is 33.8 Å². The first-order chi connectivity index (χ1) is 12.2. The third kappa shape index (κ3) is 3.70. The highest BCUT2D eigenvalue weighted by atomic mass is 79.9. The standard InChI is InChI=1S/C18H22BrN3O4/c1-18(2,3)14-8-12(6-7-21(14)17(24)25)26-13-9-20-15-5-4-11(19)10-22(15)16(13)23/h4-5,9-10,12,14H,6-8H2,1-3H3,(H,24,25). The SMILES string of the molecule is CC(C)(C)C1CC(Oc2cnc3ccc(Br)cn3c2=O)CCN1C(=O)O. The van der Waals surface area contributed by atoms with E-state index < -0.39 is 6.09 Å². The maximum atomic E-state index is 12.7. The lowest BCUT2D eigenvalue weighted by molar-refractivity contribution is 0.0124. The third-order valence-corrected chi connectivity index (χ3v) is 5.20. The molecule has 0 bridgehead atoms. The fourth-order valence-electron chi connectivity index (χ4n) is 3.38. The van der Waals surface area contributed by atoms with Gasteiger partial charge in [0.15, 0.2) is 0 Å². The minimum Gasteiger partial charge on any atom is -0.483 e. The molecule has 1 fully saturated rings. The Kier molecular flexibility index (Phi) is 4.96. The molecular weight excluding hydrogens is 402 g/mol. The van der Waals surface area contributed by atoms with Gasteiger partial charge in [-0.25, -0.2) is 9.78 Å². The van der Waals surface area contributed by atoms with Crippen molar-refractivity contribution in [3.8, 4) is 5.75 Å². The zero-order chi connectivity index (χ0) is 19.1. The minimum atomic E-state index is -0.916. The Bertz CT molecular complexity index is 890. The van der Waals surface area contributed by atoms with E-state index in [1.807, 2.05) is 26.8 Å². The number of hydrogen-bond donors (Lipinski definition) is 1. The molecule has 3 heterocycles. The van der Waals surface area contributed by atoms with Crippen LogP contribution in [0.25, 0.3) is 5.65 Å². The fraction of sp³-hybridized carbons (Fsp3) is 0.500. The van der Waals surface area contributed by atoms with E-state index in [-0.39, 0.29) is 28.9 Å². The molecule has 0 spiro atoms. The van der Waals surface area contributed by atoms with Crippen LogP contribution in [0, 0.1) is 5.41 Å². The van der Waals surface area contributed by atoms with Gasteiger partial charge in [-0.3, -0.25) is 9.20 Å². The normalized spacial score (nSPS) is 21.0. The average molecular weight is 424 g/mol. The number of piperidine rings is 1. The van der Waals surface area contributed by atoms with Crippen molar-refractivity contribution in [2.45, 2.75) is 45.8 Å². The summed E-state index contributed by atoms with van der Waals surface area (Å²) < 4.78 is 8.17. The second-order valence-corrected chi connectivity index (χ2v) is 8.54. The zero-order valence-electron chi connectivity index (χ0n) is 15.0. The summed E-state index contributed by atoms with van der Waals surface area (Å²) in [7, 11) is 0. The number of fused-ring (bicyclic) bond motifs is 1. The Balaban J connectivity index is 1.85. The van der Waals surface area contributed by atoms with Crippen LogP contribution in [-0.4, -0.2) is 44.2 Å². The van der Waals surface area contributed by atoms with Crippen LogP contribution in [0.2, 0.25) is 0 Å². The summed E-state index contributed by atoms with van der Waals surface area (Å²) in [4.78, 5) is 30.0. The monoisotopic (exact) mass is 423 g/mol. The molecule has 26 heavy (non-hydrogen) atoms. The van der Waals surface area contributed by atoms with Gasteiger partial charge < -0.3 is 14.7 Å². The van der Waals surface area contributed by atoms with Gasteiger partial charge in [-0.05, 0) is 33.5 Å². The smallest absolute Gasteiger partial charge is 0.407 e. The first-order valence-electron chi connectivity index (χ1n) is 8.50. The fourth-order valence-corrected chi connectivity index (χ4v) is 3.72. The van der Waals surface area contributed by atoms with Gasteiger partial charge in [0.25, 0.3) is 5.56 Å². The van der Waals surface area contributed by atoms with Gasteiger partial charge in [0.1, 0.15) is 11.8 Å². The predicted octanol–water partition coefficient (Wildman–Crippen LogP) is 3.39. The van der Waals surface area contributed by atoms with Crippen molar-refractivity contribution in [3.63, 3.8) is 0 Å². The van der Waals surface area contributed by atoms with Gasteiger partial charge in [0.05, 0.1) is 6.20 Å². The number of nitrogens with zero attached hydrogens (tertiary/aromatic N) is 3. The molecule has 1 aliphatic rings. The molecule has 1 saturated heterocycles. The van der Waals surface area contributed by atoms with E-state index in [0.717, 1.165) is 4.47 Å². The quantitative estimate of drug-likeness (QED) is 0.799. The average Bonchev–Trinajstić information content (AvgIpc) is 2.57. The van der Waals surface area contributed by atoms with E-state index in [4.69, 9.17) is 4.74 Å².